The first-order valence-corrected chi connectivity index (χ1v) is 6.88. The maximum absolute atomic E-state index is 12.2. The average molecular weight is 292 g/mol. The van der Waals surface area contributed by atoms with Crippen molar-refractivity contribution in [3.8, 4) is 0 Å². The number of morpholine rings is 1. The van der Waals surface area contributed by atoms with E-state index in [-0.39, 0.29) is 12.3 Å². The third-order valence-electron chi connectivity index (χ3n) is 3.28. The van der Waals surface area contributed by atoms with Gasteiger partial charge in [-0.15, -0.1) is 0 Å². The monoisotopic (exact) mass is 291 g/mol. The molecule has 2 aromatic rings. The second-order valence-electron chi connectivity index (χ2n) is 4.62. The Morgan fingerprint density at radius 2 is 1.85 bits per heavy atom. The van der Waals surface area contributed by atoms with E-state index in [1.54, 1.807) is 4.90 Å². The van der Waals surface area contributed by atoms with E-state index >= 15 is 0 Å². The number of hydrogen-bond donors (Lipinski definition) is 0. The largest absolute Gasteiger partial charge is 0.378 e. The number of para-hydroxylation sites is 2. The Balaban J connectivity index is 1.82. The van der Waals surface area contributed by atoms with Crippen LogP contribution in [0.25, 0.3) is 11.0 Å². The van der Waals surface area contributed by atoms with Crippen LogP contribution in [-0.2, 0) is 16.0 Å². The molecule has 1 aliphatic heterocycles. The SMILES string of the molecule is O=C(Cc1nc2ccccc2nc1Cl)N1CCOCC1. The average Bonchev–Trinajstić information content (AvgIpc) is 2.49. The number of carbonyl (C=O) groups is 1. The number of amides is 1. The fourth-order valence-corrected chi connectivity index (χ4v) is 2.40. The number of halogens is 1. The summed E-state index contributed by atoms with van der Waals surface area (Å²) < 4.78 is 5.23. The predicted molar refractivity (Wildman–Crippen MR) is 75.7 cm³/mol. The van der Waals surface area contributed by atoms with Gasteiger partial charge in [-0.2, -0.15) is 0 Å². The quantitative estimate of drug-likeness (QED) is 0.845. The first kappa shape index (κ1) is 13.3. The molecule has 0 spiro atoms. The number of rotatable bonds is 2. The highest BCUT2D eigenvalue weighted by atomic mass is 35.5. The van der Waals surface area contributed by atoms with E-state index < -0.39 is 0 Å². The van der Waals surface area contributed by atoms with Crippen LogP contribution in [0.15, 0.2) is 24.3 Å². The highest BCUT2D eigenvalue weighted by molar-refractivity contribution is 6.30. The van der Waals surface area contributed by atoms with Gasteiger partial charge in [-0.05, 0) is 12.1 Å². The first-order chi connectivity index (χ1) is 9.74. The van der Waals surface area contributed by atoms with Gasteiger partial charge in [0.1, 0.15) is 0 Å². The number of carbonyl (C=O) groups excluding carboxylic acids is 1. The standard InChI is InChI=1S/C14H14ClN3O2/c15-14-12(9-13(19)18-5-7-20-8-6-18)16-10-3-1-2-4-11(10)17-14/h1-4H,5-9H2. The van der Waals surface area contributed by atoms with E-state index in [4.69, 9.17) is 16.3 Å². The van der Waals surface area contributed by atoms with Gasteiger partial charge in [0, 0.05) is 13.1 Å². The maximum atomic E-state index is 12.2. The summed E-state index contributed by atoms with van der Waals surface area (Å²) in [5, 5.41) is 0.297. The normalized spacial score (nSPS) is 15.6. The van der Waals surface area contributed by atoms with Crippen LogP contribution in [0.2, 0.25) is 5.15 Å². The molecule has 0 radical (unpaired) electrons. The van der Waals surface area contributed by atoms with E-state index in [9.17, 15) is 4.79 Å². The highest BCUT2D eigenvalue weighted by Crippen LogP contribution is 2.18. The summed E-state index contributed by atoms with van der Waals surface area (Å²) in [5.74, 6) is 0.0137. The minimum absolute atomic E-state index is 0.0137. The van der Waals surface area contributed by atoms with Crippen molar-refractivity contribution in [2.45, 2.75) is 6.42 Å². The van der Waals surface area contributed by atoms with E-state index in [1.165, 1.54) is 0 Å². The van der Waals surface area contributed by atoms with Crippen LogP contribution in [0.5, 0.6) is 0 Å². The van der Waals surface area contributed by atoms with Crippen molar-refractivity contribution in [1.29, 1.82) is 0 Å². The van der Waals surface area contributed by atoms with Gasteiger partial charge in [0.25, 0.3) is 0 Å². The number of ether oxygens (including phenoxy) is 1. The number of aromatic nitrogens is 2. The molecule has 6 heteroatoms. The van der Waals surface area contributed by atoms with Crippen molar-refractivity contribution in [2.24, 2.45) is 0 Å². The molecule has 0 aliphatic carbocycles. The van der Waals surface area contributed by atoms with Gasteiger partial charge in [-0.25, -0.2) is 9.97 Å². The zero-order valence-corrected chi connectivity index (χ0v) is 11.6. The van der Waals surface area contributed by atoms with E-state index in [0.29, 0.717) is 37.2 Å². The second kappa shape index (κ2) is 5.73. The number of fused-ring (bicyclic) bond motifs is 1. The van der Waals surface area contributed by atoms with Crippen molar-refractivity contribution in [3.05, 3.63) is 35.1 Å². The third-order valence-corrected chi connectivity index (χ3v) is 3.58. The molecule has 2 heterocycles. The Kier molecular flexibility index (Phi) is 3.80. The molecule has 1 saturated heterocycles. The van der Waals surface area contributed by atoms with Crippen molar-refractivity contribution in [1.82, 2.24) is 14.9 Å². The lowest BCUT2D eigenvalue weighted by Crippen LogP contribution is -2.41. The smallest absolute Gasteiger partial charge is 0.228 e. The molecule has 0 atom stereocenters. The van der Waals surface area contributed by atoms with Gasteiger partial charge in [-0.1, -0.05) is 23.7 Å². The van der Waals surface area contributed by atoms with Crippen molar-refractivity contribution in [2.75, 3.05) is 26.3 Å². The summed E-state index contributed by atoms with van der Waals surface area (Å²) in [6.07, 6.45) is 0.177. The number of benzene rings is 1. The lowest BCUT2D eigenvalue weighted by Gasteiger charge is -2.26. The van der Waals surface area contributed by atoms with Crippen molar-refractivity contribution in [3.63, 3.8) is 0 Å². The third kappa shape index (κ3) is 2.73. The predicted octanol–water partition coefficient (Wildman–Crippen LogP) is 1.68. The van der Waals surface area contributed by atoms with Crippen LogP contribution in [0.4, 0.5) is 0 Å². The van der Waals surface area contributed by atoms with E-state index in [1.807, 2.05) is 24.3 Å². The molecular weight excluding hydrogens is 278 g/mol. The van der Waals surface area contributed by atoms with Crippen LogP contribution < -0.4 is 0 Å². The number of hydrogen-bond acceptors (Lipinski definition) is 4. The van der Waals surface area contributed by atoms with Gasteiger partial charge in [0.05, 0.1) is 36.4 Å². The molecule has 3 rings (SSSR count). The highest BCUT2D eigenvalue weighted by Gasteiger charge is 2.19. The first-order valence-electron chi connectivity index (χ1n) is 6.51. The molecule has 0 bridgehead atoms. The maximum Gasteiger partial charge on any atom is 0.228 e. The van der Waals surface area contributed by atoms with Gasteiger partial charge >= 0.3 is 0 Å². The zero-order valence-electron chi connectivity index (χ0n) is 10.9. The van der Waals surface area contributed by atoms with E-state index in [2.05, 4.69) is 9.97 Å². The Morgan fingerprint density at radius 3 is 2.55 bits per heavy atom. The van der Waals surface area contributed by atoms with Gasteiger partial charge < -0.3 is 9.64 Å². The van der Waals surface area contributed by atoms with Gasteiger partial charge in [-0.3, -0.25) is 4.79 Å². The summed E-state index contributed by atoms with van der Waals surface area (Å²) >= 11 is 6.12. The molecular formula is C14H14ClN3O2. The van der Waals surface area contributed by atoms with Crippen LogP contribution >= 0.6 is 11.6 Å². The molecule has 104 valence electrons. The summed E-state index contributed by atoms with van der Waals surface area (Å²) in [5.41, 5.74) is 2.02. The van der Waals surface area contributed by atoms with Crippen LogP contribution in [0.1, 0.15) is 5.69 Å². The molecule has 0 unspecified atom stereocenters. The van der Waals surface area contributed by atoms with Crippen LogP contribution in [-0.4, -0.2) is 47.1 Å². The lowest BCUT2D eigenvalue weighted by atomic mass is 10.2. The number of nitrogens with zero attached hydrogens (tertiary/aromatic N) is 3. The molecule has 0 saturated carbocycles. The Morgan fingerprint density at radius 1 is 1.20 bits per heavy atom. The van der Waals surface area contributed by atoms with Crippen LogP contribution in [0.3, 0.4) is 0 Å². The Labute approximate surface area is 121 Å². The molecule has 5 nitrogen and oxygen atoms in total. The topological polar surface area (TPSA) is 55.3 Å². The van der Waals surface area contributed by atoms with Crippen LogP contribution in [0, 0.1) is 0 Å². The molecule has 1 aliphatic rings. The summed E-state index contributed by atoms with van der Waals surface area (Å²) in [6.45, 7) is 2.42. The minimum Gasteiger partial charge on any atom is -0.378 e. The molecule has 0 N–H and O–H groups in total. The fraction of sp³-hybridized carbons (Fsp3) is 0.357. The summed E-state index contributed by atoms with van der Waals surface area (Å²) in [4.78, 5) is 22.7. The molecule has 1 aromatic heterocycles. The molecule has 1 amide bonds. The van der Waals surface area contributed by atoms with Gasteiger partial charge in [0.15, 0.2) is 5.15 Å². The summed E-state index contributed by atoms with van der Waals surface area (Å²) in [6, 6.07) is 7.48. The van der Waals surface area contributed by atoms with E-state index in [0.717, 1.165) is 11.0 Å². The lowest BCUT2D eigenvalue weighted by molar-refractivity contribution is -0.134. The molecule has 1 fully saturated rings. The zero-order chi connectivity index (χ0) is 13.9. The van der Waals surface area contributed by atoms with Crippen molar-refractivity contribution < 1.29 is 9.53 Å². The van der Waals surface area contributed by atoms with Gasteiger partial charge in [0.2, 0.25) is 5.91 Å². The second-order valence-corrected chi connectivity index (χ2v) is 4.98. The Bertz CT molecular complexity index is 641. The van der Waals surface area contributed by atoms with Crippen molar-refractivity contribution >= 4 is 28.5 Å². The minimum atomic E-state index is 0.0137. The molecule has 1 aromatic carbocycles. The Hall–Kier alpha value is -1.72. The fourth-order valence-electron chi connectivity index (χ4n) is 2.20. The summed E-state index contributed by atoms with van der Waals surface area (Å²) in [7, 11) is 0. The molecule has 20 heavy (non-hydrogen) atoms.